The van der Waals surface area contributed by atoms with E-state index in [2.05, 4.69) is 12.3 Å². The fourth-order valence-corrected chi connectivity index (χ4v) is 2.52. The maximum atomic E-state index is 6.10. The van der Waals surface area contributed by atoms with Gasteiger partial charge in [-0.25, -0.2) is 5.43 Å². The van der Waals surface area contributed by atoms with E-state index in [1.54, 1.807) is 0 Å². The Morgan fingerprint density at radius 2 is 2.24 bits per heavy atom. The summed E-state index contributed by atoms with van der Waals surface area (Å²) in [6, 6.07) is 7.84. The lowest BCUT2D eigenvalue weighted by atomic mass is 9.97. The van der Waals surface area contributed by atoms with Crippen LogP contribution in [-0.2, 0) is 0 Å². The van der Waals surface area contributed by atoms with Gasteiger partial charge in [0.25, 0.3) is 0 Å². The molecular formula is C13H15ClN2O. The second kappa shape index (κ2) is 3.73. The molecule has 1 atom stereocenters. The van der Waals surface area contributed by atoms with Gasteiger partial charge in [0, 0.05) is 5.39 Å². The lowest BCUT2D eigenvalue weighted by molar-refractivity contribution is 0.320. The first-order valence-corrected chi connectivity index (χ1v) is 6.16. The Morgan fingerprint density at radius 3 is 2.82 bits per heavy atom. The van der Waals surface area contributed by atoms with E-state index in [1.807, 2.05) is 24.3 Å². The Hall–Kier alpha value is -1.03. The molecule has 1 saturated carbocycles. The van der Waals surface area contributed by atoms with Crippen LogP contribution in [0.15, 0.2) is 28.7 Å². The van der Waals surface area contributed by atoms with E-state index in [9.17, 15) is 0 Å². The highest BCUT2D eigenvalue weighted by Gasteiger charge is 2.46. The summed E-state index contributed by atoms with van der Waals surface area (Å²) in [7, 11) is 0. The lowest BCUT2D eigenvalue weighted by Crippen LogP contribution is -2.33. The number of para-hydroxylation sites is 1. The molecule has 2 aromatic rings. The fourth-order valence-electron chi connectivity index (χ4n) is 2.30. The SMILES string of the molecule is CC1(C(NN)c2cc3cccc(Cl)c3o2)CC1. The molecule has 0 bridgehead atoms. The number of nitrogens with one attached hydrogen (secondary N) is 1. The van der Waals surface area contributed by atoms with Crippen LogP contribution in [0.1, 0.15) is 31.6 Å². The van der Waals surface area contributed by atoms with Crippen LogP contribution in [0, 0.1) is 5.41 Å². The Bertz CT molecular complexity index is 560. The number of hydrogen-bond donors (Lipinski definition) is 2. The minimum absolute atomic E-state index is 0.0611. The average Bonchev–Trinajstić information content (AvgIpc) is 2.89. The molecule has 1 aromatic heterocycles. The van der Waals surface area contributed by atoms with E-state index in [4.69, 9.17) is 21.9 Å². The molecule has 3 nitrogen and oxygen atoms in total. The molecule has 1 unspecified atom stereocenters. The molecule has 3 rings (SSSR count). The maximum Gasteiger partial charge on any atom is 0.152 e. The highest BCUT2D eigenvalue weighted by Crippen LogP contribution is 2.54. The van der Waals surface area contributed by atoms with Crippen molar-refractivity contribution in [2.45, 2.75) is 25.8 Å². The minimum Gasteiger partial charge on any atom is -0.458 e. The third kappa shape index (κ3) is 1.75. The van der Waals surface area contributed by atoms with Gasteiger partial charge >= 0.3 is 0 Å². The largest absolute Gasteiger partial charge is 0.458 e. The molecule has 90 valence electrons. The molecule has 0 aliphatic heterocycles. The second-order valence-electron chi connectivity index (χ2n) is 5.06. The predicted octanol–water partition coefficient (Wildman–Crippen LogP) is 3.39. The Balaban J connectivity index is 2.08. The van der Waals surface area contributed by atoms with Crippen molar-refractivity contribution in [3.63, 3.8) is 0 Å². The van der Waals surface area contributed by atoms with Crippen molar-refractivity contribution in [3.05, 3.63) is 35.0 Å². The van der Waals surface area contributed by atoms with Gasteiger partial charge in [0.15, 0.2) is 5.58 Å². The van der Waals surface area contributed by atoms with Crippen LogP contribution in [0.2, 0.25) is 5.02 Å². The molecule has 1 fully saturated rings. The molecule has 0 saturated heterocycles. The molecule has 0 spiro atoms. The molecule has 17 heavy (non-hydrogen) atoms. The molecule has 1 aliphatic rings. The Labute approximate surface area is 105 Å². The molecule has 3 N–H and O–H groups in total. The molecular weight excluding hydrogens is 236 g/mol. The number of furan rings is 1. The first-order valence-electron chi connectivity index (χ1n) is 5.78. The molecule has 0 amide bonds. The van der Waals surface area contributed by atoms with Crippen LogP contribution in [0.25, 0.3) is 11.0 Å². The van der Waals surface area contributed by atoms with Crippen molar-refractivity contribution < 1.29 is 4.42 Å². The van der Waals surface area contributed by atoms with Crippen LogP contribution in [0.4, 0.5) is 0 Å². The van der Waals surface area contributed by atoms with Gasteiger partial charge in [0.2, 0.25) is 0 Å². The smallest absolute Gasteiger partial charge is 0.152 e. The van der Waals surface area contributed by atoms with E-state index in [0.717, 1.165) is 16.7 Å². The van der Waals surface area contributed by atoms with Crippen molar-refractivity contribution in [3.8, 4) is 0 Å². The standard InChI is InChI=1S/C13H15ClN2O/c1-13(5-6-13)12(16-15)10-7-8-3-2-4-9(14)11(8)17-10/h2-4,7,12,16H,5-6,15H2,1H3. The Morgan fingerprint density at radius 1 is 1.47 bits per heavy atom. The van der Waals surface area contributed by atoms with Gasteiger partial charge in [0.1, 0.15) is 5.76 Å². The molecule has 4 heteroatoms. The van der Waals surface area contributed by atoms with Crippen LogP contribution in [0.3, 0.4) is 0 Å². The van der Waals surface area contributed by atoms with E-state index in [-0.39, 0.29) is 11.5 Å². The van der Waals surface area contributed by atoms with Crippen LogP contribution >= 0.6 is 11.6 Å². The fraction of sp³-hybridized carbons (Fsp3) is 0.385. The van der Waals surface area contributed by atoms with E-state index in [1.165, 1.54) is 12.8 Å². The molecule has 1 aromatic carbocycles. The lowest BCUT2D eigenvalue weighted by Gasteiger charge is -2.19. The number of fused-ring (bicyclic) bond motifs is 1. The van der Waals surface area contributed by atoms with Gasteiger partial charge in [-0.15, -0.1) is 0 Å². The third-order valence-electron chi connectivity index (χ3n) is 3.70. The van der Waals surface area contributed by atoms with E-state index < -0.39 is 0 Å². The van der Waals surface area contributed by atoms with Crippen molar-refractivity contribution >= 4 is 22.6 Å². The van der Waals surface area contributed by atoms with Crippen molar-refractivity contribution in [1.82, 2.24) is 5.43 Å². The summed E-state index contributed by atoms with van der Waals surface area (Å²) in [4.78, 5) is 0. The maximum absolute atomic E-state index is 6.10. The summed E-state index contributed by atoms with van der Waals surface area (Å²) in [6.07, 6.45) is 2.35. The number of rotatable bonds is 3. The van der Waals surface area contributed by atoms with Gasteiger partial charge in [0.05, 0.1) is 11.1 Å². The number of benzene rings is 1. The molecule has 1 heterocycles. The molecule has 0 radical (unpaired) electrons. The number of hydrazine groups is 1. The quantitative estimate of drug-likeness (QED) is 0.649. The first-order chi connectivity index (χ1) is 8.14. The zero-order valence-corrected chi connectivity index (χ0v) is 10.4. The topological polar surface area (TPSA) is 51.2 Å². The van der Waals surface area contributed by atoms with Gasteiger partial charge in [-0.05, 0) is 30.4 Å². The van der Waals surface area contributed by atoms with Crippen LogP contribution in [0.5, 0.6) is 0 Å². The minimum atomic E-state index is 0.0611. The Kier molecular flexibility index (Phi) is 2.43. The summed E-state index contributed by atoms with van der Waals surface area (Å²) in [5, 5.41) is 1.67. The summed E-state index contributed by atoms with van der Waals surface area (Å²) in [6.45, 7) is 2.21. The number of halogens is 1. The second-order valence-corrected chi connectivity index (χ2v) is 5.47. The summed E-state index contributed by atoms with van der Waals surface area (Å²) in [5.74, 6) is 6.52. The van der Waals surface area contributed by atoms with E-state index >= 15 is 0 Å². The summed E-state index contributed by atoms with van der Waals surface area (Å²) in [5.41, 5.74) is 3.83. The highest BCUT2D eigenvalue weighted by atomic mass is 35.5. The third-order valence-corrected chi connectivity index (χ3v) is 4.00. The van der Waals surface area contributed by atoms with Crippen LogP contribution < -0.4 is 11.3 Å². The van der Waals surface area contributed by atoms with Crippen molar-refractivity contribution in [2.24, 2.45) is 11.3 Å². The van der Waals surface area contributed by atoms with E-state index in [0.29, 0.717) is 5.02 Å². The first kappa shape index (κ1) is 11.1. The normalized spacial score (nSPS) is 19.5. The monoisotopic (exact) mass is 250 g/mol. The zero-order valence-electron chi connectivity index (χ0n) is 9.66. The van der Waals surface area contributed by atoms with Gasteiger partial charge in [-0.1, -0.05) is 30.7 Å². The average molecular weight is 251 g/mol. The summed E-state index contributed by atoms with van der Waals surface area (Å²) >= 11 is 6.10. The van der Waals surface area contributed by atoms with Gasteiger partial charge < -0.3 is 4.42 Å². The number of hydrogen-bond acceptors (Lipinski definition) is 3. The summed E-state index contributed by atoms with van der Waals surface area (Å²) < 4.78 is 5.84. The van der Waals surface area contributed by atoms with Gasteiger partial charge in [-0.2, -0.15) is 0 Å². The highest BCUT2D eigenvalue weighted by molar-refractivity contribution is 6.34. The zero-order chi connectivity index (χ0) is 12.0. The predicted molar refractivity (Wildman–Crippen MR) is 68.6 cm³/mol. The number of nitrogens with two attached hydrogens (primary N) is 1. The van der Waals surface area contributed by atoms with Crippen molar-refractivity contribution in [1.29, 1.82) is 0 Å². The molecule has 1 aliphatic carbocycles. The van der Waals surface area contributed by atoms with Gasteiger partial charge in [-0.3, -0.25) is 5.84 Å². The van der Waals surface area contributed by atoms with Crippen LogP contribution in [-0.4, -0.2) is 0 Å². The van der Waals surface area contributed by atoms with Crippen molar-refractivity contribution in [2.75, 3.05) is 0 Å².